The Balaban J connectivity index is 1.80. The quantitative estimate of drug-likeness (QED) is 0.698. The smallest absolute Gasteiger partial charge is 0.169 e. The highest BCUT2D eigenvalue weighted by Crippen LogP contribution is 2.34. The summed E-state index contributed by atoms with van der Waals surface area (Å²) in [4.78, 5) is 0. The van der Waals surface area contributed by atoms with Crippen LogP contribution in [0.1, 0.15) is 38.5 Å². The van der Waals surface area contributed by atoms with Gasteiger partial charge >= 0.3 is 0 Å². The van der Waals surface area contributed by atoms with Crippen LogP contribution >= 0.6 is 0 Å². The summed E-state index contributed by atoms with van der Waals surface area (Å²) in [6, 6.07) is 0.155. The SMILES string of the molecule is COC(O)C1CC(C2CCCCC2)CN1. The number of methoxy groups -OCH3 is 1. The predicted molar refractivity (Wildman–Crippen MR) is 59.5 cm³/mol. The lowest BCUT2D eigenvalue weighted by Gasteiger charge is -2.27. The van der Waals surface area contributed by atoms with Crippen molar-refractivity contribution < 1.29 is 9.84 Å². The van der Waals surface area contributed by atoms with Gasteiger partial charge in [0.15, 0.2) is 6.29 Å². The Morgan fingerprint density at radius 3 is 2.60 bits per heavy atom. The van der Waals surface area contributed by atoms with Crippen molar-refractivity contribution in [2.75, 3.05) is 13.7 Å². The Morgan fingerprint density at radius 1 is 1.20 bits per heavy atom. The molecule has 0 aromatic carbocycles. The molecule has 2 N–H and O–H groups in total. The molecule has 1 heterocycles. The molecular formula is C12H23NO2. The molecule has 1 saturated heterocycles. The van der Waals surface area contributed by atoms with Crippen LogP contribution in [-0.4, -0.2) is 31.1 Å². The van der Waals surface area contributed by atoms with Crippen LogP contribution in [0.25, 0.3) is 0 Å². The Morgan fingerprint density at radius 2 is 1.93 bits per heavy atom. The molecule has 2 rings (SSSR count). The van der Waals surface area contributed by atoms with Crippen molar-refractivity contribution in [1.82, 2.24) is 5.32 Å². The predicted octanol–water partition coefficient (Wildman–Crippen LogP) is 1.51. The van der Waals surface area contributed by atoms with Gasteiger partial charge in [0.2, 0.25) is 0 Å². The van der Waals surface area contributed by atoms with Crippen LogP contribution in [0.2, 0.25) is 0 Å². The number of rotatable bonds is 3. The molecule has 0 radical (unpaired) electrons. The lowest BCUT2D eigenvalue weighted by atomic mass is 9.79. The fourth-order valence-electron chi connectivity index (χ4n) is 3.14. The second kappa shape index (κ2) is 5.28. The molecule has 1 saturated carbocycles. The summed E-state index contributed by atoms with van der Waals surface area (Å²) in [5.41, 5.74) is 0. The molecule has 0 bridgehead atoms. The summed E-state index contributed by atoms with van der Waals surface area (Å²) in [6.07, 6.45) is 7.46. The second-order valence-electron chi connectivity index (χ2n) is 5.03. The average molecular weight is 213 g/mol. The topological polar surface area (TPSA) is 41.5 Å². The van der Waals surface area contributed by atoms with Crippen molar-refractivity contribution >= 4 is 0 Å². The first-order valence-corrected chi connectivity index (χ1v) is 6.25. The first kappa shape index (κ1) is 11.4. The molecule has 0 amide bonds. The molecule has 2 fully saturated rings. The van der Waals surface area contributed by atoms with Gasteiger partial charge in [-0.15, -0.1) is 0 Å². The molecule has 15 heavy (non-hydrogen) atoms. The molecule has 3 heteroatoms. The largest absolute Gasteiger partial charge is 0.367 e. The number of hydrogen-bond acceptors (Lipinski definition) is 3. The molecule has 0 aromatic heterocycles. The fraction of sp³-hybridized carbons (Fsp3) is 1.00. The van der Waals surface area contributed by atoms with Gasteiger partial charge in [-0.1, -0.05) is 32.1 Å². The van der Waals surface area contributed by atoms with E-state index in [0.717, 1.165) is 24.8 Å². The van der Waals surface area contributed by atoms with Crippen LogP contribution < -0.4 is 5.32 Å². The number of nitrogens with one attached hydrogen (secondary N) is 1. The summed E-state index contributed by atoms with van der Waals surface area (Å²) in [7, 11) is 1.57. The van der Waals surface area contributed by atoms with Gasteiger partial charge in [-0.3, -0.25) is 0 Å². The van der Waals surface area contributed by atoms with Crippen LogP contribution in [0.5, 0.6) is 0 Å². The van der Waals surface area contributed by atoms with Crippen molar-refractivity contribution in [3.63, 3.8) is 0 Å². The fourth-order valence-corrected chi connectivity index (χ4v) is 3.14. The zero-order valence-corrected chi connectivity index (χ0v) is 9.61. The Hall–Kier alpha value is -0.120. The maximum atomic E-state index is 9.59. The Labute approximate surface area is 92.2 Å². The molecule has 2 aliphatic rings. The molecule has 0 aromatic rings. The normalized spacial score (nSPS) is 35.6. The minimum atomic E-state index is -0.626. The summed E-state index contributed by atoms with van der Waals surface area (Å²) in [6.45, 7) is 1.07. The third-order valence-electron chi connectivity index (χ3n) is 4.10. The molecular weight excluding hydrogens is 190 g/mol. The second-order valence-corrected chi connectivity index (χ2v) is 5.03. The average Bonchev–Trinajstić information content (AvgIpc) is 2.78. The van der Waals surface area contributed by atoms with Gasteiger partial charge in [0.25, 0.3) is 0 Å². The monoisotopic (exact) mass is 213 g/mol. The highest BCUT2D eigenvalue weighted by atomic mass is 16.6. The first-order chi connectivity index (χ1) is 7.31. The lowest BCUT2D eigenvalue weighted by molar-refractivity contribution is -0.0941. The van der Waals surface area contributed by atoms with E-state index in [4.69, 9.17) is 4.74 Å². The van der Waals surface area contributed by atoms with E-state index >= 15 is 0 Å². The number of ether oxygens (including phenoxy) is 1. The number of hydrogen-bond donors (Lipinski definition) is 2. The van der Waals surface area contributed by atoms with Gasteiger partial charge < -0.3 is 15.2 Å². The van der Waals surface area contributed by atoms with Gasteiger partial charge in [0.1, 0.15) is 0 Å². The number of aliphatic hydroxyl groups is 1. The summed E-state index contributed by atoms with van der Waals surface area (Å²) < 4.78 is 4.96. The zero-order chi connectivity index (χ0) is 10.7. The van der Waals surface area contributed by atoms with Crippen molar-refractivity contribution in [2.24, 2.45) is 11.8 Å². The number of aliphatic hydroxyl groups excluding tert-OH is 1. The minimum Gasteiger partial charge on any atom is -0.367 e. The lowest BCUT2D eigenvalue weighted by Crippen LogP contribution is -2.35. The van der Waals surface area contributed by atoms with E-state index in [1.54, 1.807) is 7.11 Å². The maximum Gasteiger partial charge on any atom is 0.169 e. The molecule has 88 valence electrons. The van der Waals surface area contributed by atoms with E-state index in [2.05, 4.69) is 5.32 Å². The van der Waals surface area contributed by atoms with Gasteiger partial charge in [-0.2, -0.15) is 0 Å². The standard InChI is InChI=1S/C12H23NO2/c1-15-12(14)11-7-10(8-13-11)9-5-3-2-4-6-9/h9-14H,2-8H2,1H3. The van der Waals surface area contributed by atoms with Crippen LogP contribution in [0.3, 0.4) is 0 Å². The molecule has 3 unspecified atom stereocenters. The maximum absolute atomic E-state index is 9.59. The van der Waals surface area contributed by atoms with Crippen LogP contribution in [0, 0.1) is 11.8 Å². The van der Waals surface area contributed by atoms with Gasteiger partial charge in [0.05, 0.1) is 6.04 Å². The van der Waals surface area contributed by atoms with Gasteiger partial charge in [-0.05, 0) is 24.8 Å². The summed E-state index contributed by atoms with van der Waals surface area (Å²) >= 11 is 0. The molecule has 3 atom stereocenters. The van der Waals surface area contributed by atoms with Crippen molar-refractivity contribution in [1.29, 1.82) is 0 Å². The van der Waals surface area contributed by atoms with Crippen molar-refractivity contribution in [3.05, 3.63) is 0 Å². The zero-order valence-electron chi connectivity index (χ0n) is 9.61. The minimum absolute atomic E-state index is 0.155. The summed E-state index contributed by atoms with van der Waals surface area (Å²) in [5.74, 6) is 1.65. The molecule has 3 nitrogen and oxygen atoms in total. The molecule has 1 aliphatic carbocycles. The highest BCUT2D eigenvalue weighted by Gasteiger charge is 2.34. The van der Waals surface area contributed by atoms with Crippen molar-refractivity contribution in [3.8, 4) is 0 Å². The van der Waals surface area contributed by atoms with E-state index in [9.17, 15) is 5.11 Å². The van der Waals surface area contributed by atoms with Crippen LogP contribution in [0.15, 0.2) is 0 Å². The Kier molecular flexibility index (Phi) is 4.00. The van der Waals surface area contributed by atoms with E-state index in [0.29, 0.717) is 0 Å². The van der Waals surface area contributed by atoms with Crippen LogP contribution in [-0.2, 0) is 4.74 Å². The highest BCUT2D eigenvalue weighted by molar-refractivity contribution is 4.87. The van der Waals surface area contributed by atoms with Crippen molar-refractivity contribution in [2.45, 2.75) is 50.9 Å². The summed E-state index contributed by atoms with van der Waals surface area (Å²) in [5, 5.41) is 13.0. The van der Waals surface area contributed by atoms with Gasteiger partial charge in [-0.25, -0.2) is 0 Å². The van der Waals surface area contributed by atoms with E-state index < -0.39 is 6.29 Å². The van der Waals surface area contributed by atoms with Gasteiger partial charge in [0, 0.05) is 7.11 Å². The molecule has 0 spiro atoms. The van der Waals surface area contributed by atoms with E-state index in [-0.39, 0.29) is 6.04 Å². The third-order valence-corrected chi connectivity index (χ3v) is 4.10. The third kappa shape index (κ3) is 2.71. The molecule has 1 aliphatic heterocycles. The van der Waals surface area contributed by atoms with E-state index in [1.165, 1.54) is 32.1 Å². The van der Waals surface area contributed by atoms with E-state index in [1.807, 2.05) is 0 Å². The van der Waals surface area contributed by atoms with Crippen LogP contribution in [0.4, 0.5) is 0 Å². The Bertz CT molecular complexity index is 192. The first-order valence-electron chi connectivity index (χ1n) is 6.25.